The van der Waals surface area contributed by atoms with Crippen molar-refractivity contribution in [2.45, 2.75) is 25.4 Å². The van der Waals surface area contributed by atoms with Gasteiger partial charge in [0.1, 0.15) is 11.9 Å². The third kappa shape index (κ3) is 2.50. The molecule has 2 amide bonds. The van der Waals surface area contributed by atoms with E-state index in [0.29, 0.717) is 19.4 Å². The number of benzene rings is 1. The summed E-state index contributed by atoms with van der Waals surface area (Å²) in [6, 6.07) is 5.55. The second-order valence-corrected chi connectivity index (χ2v) is 4.32. The molecule has 1 heterocycles. The predicted octanol–water partition coefficient (Wildman–Crippen LogP) is 1.06. The van der Waals surface area contributed by atoms with Crippen LogP contribution in [0.2, 0.25) is 0 Å². The van der Waals surface area contributed by atoms with E-state index < -0.39 is 6.04 Å². The maximum atomic E-state index is 12.8. The van der Waals surface area contributed by atoms with Crippen molar-refractivity contribution in [1.82, 2.24) is 10.2 Å². The molecule has 1 aromatic rings. The Morgan fingerprint density at radius 1 is 1.44 bits per heavy atom. The average Bonchev–Trinajstić information content (AvgIpc) is 2.73. The van der Waals surface area contributed by atoms with E-state index >= 15 is 0 Å². The topological polar surface area (TPSA) is 49.4 Å². The second-order valence-electron chi connectivity index (χ2n) is 4.32. The van der Waals surface area contributed by atoms with E-state index in [2.05, 4.69) is 5.32 Å². The Morgan fingerprint density at radius 3 is 2.72 bits per heavy atom. The first-order valence-electron chi connectivity index (χ1n) is 5.87. The van der Waals surface area contributed by atoms with Crippen molar-refractivity contribution in [3.63, 3.8) is 0 Å². The fraction of sp³-hybridized carbons (Fsp3) is 0.385. The SMILES string of the molecule is CNC(=O)C1CCC(=O)N1Cc1ccc(F)cc1. The number of carbonyl (C=O) groups is 2. The van der Waals surface area contributed by atoms with Crippen LogP contribution in [0.25, 0.3) is 0 Å². The molecular weight excluding hydrogens is 235 g/mol. The molecule has 18 heavy (non-hydrogen) atoms. The van der Waals surface area contributed by atoms with Crippen LogP contribution in [-0.2, 0) is 16.1 Å². The number of rotatable bonds is 3. The summed E-state index contributed by atoms with van der Waals surface area (Å²) in [7, 11) is 1.56. The summed E-state index contributed by atoms with van der Waals surface area (Å²) >= 11 is 0. The molecule has 5 heteroatoms. The lowest BCUT2D eigenvalue weighted by atomic mass is 10.1. The summed E-state index contributed by atoms with van der Waals surface area (Å²) in [5.74, 6) is -0.495. The van der Waals surface area contributed by atoms with Gasteiger partial charge >= 0.3 is 0 Å². The number of hydrogen-bond acceptors (Lipinski definition) is 2. The maximum Gasteiger partial charge on any atom is 0.242 e. The zero-order valence-corrected chi connectivity index (χ0v) is 10.1. The molecule has 0 saturated carbocycles. The molecule has 1 saturated heterocycles. The predicted molar refractivity (Wildman–Crippen MR) is 64.0 cm³/mol. The molecule has 1 aromatic carbocycles. The van der Waals surface area contributed by atoms with Crippen molar-refractivity contribution >= 4 is 11.8 Å². The van der Waals surface area contributed by atoms with Gasteiger partial charge in [-0.3, -0.25) is 9.59 Å². The van der Waals surface area contributed by atoms with Crippen molar-refractivity contribution in [3.8, 4) is 0 Å². The van der Waals surface area contributed by atoms with Gasteiger partial charge < -0.3 is 10.2 Å². The zero-order valence-electron chi connectivity index (χ0n) is 10.1. The second kappa shape index (κ2) is 5.16. The highest BCUT2D eigenvalue weighted by Crippen LogP contribution is 2.21. The van der Waals surface area contributed by atoms with Gasteiger partial charge in [0.15, 0.2) is 0 Å². The van der Waals surface area contributed by atoms with E-state index in [1.807, 2.05) is 0 Å². The minimum atomic E-state index is -0.410. The van der Waals surface area contributed by atoms with Gasteiger partial charge in [-0.15, -0.1) is 0 Å². The summed E-state index contributed by atoms with van der Waals surface area (Å²) in [6.07, 6.45) is 0.930. The number of nitrogens with zero attached hydrogens (tertiary/aromatic N) is 1. The molecular formula is C13H15FN2O2. The highest BCUT2D eigenvalue weighted by atomic mass is 19.1. The Bertz CT molecular complexity index is 459. The van der Waals surface area contributed by atoms with E-state index in [1.165, 1.54) is 12.1 Å². The number of nitrogens with one attached hydrogen (secondary N) is 1. The molecule has 0 spiro atoms. The van der Waals surface area contributed by atoms with Gasteiger partial charge in [-0.1, -0.05) is 12.1 Å². The normalized spacial score (nSPS) is 19.1. The van der Waals surface area contributed by atoms with Crippen LogP contribution >= 0.6 is 0 Å². The summed E-state index contributed by atoms with van der Waals surface area (Å²) in [6.45, 7) is 0.344. The minimum absolute atomic E-state index is 0.0343. The fourth-order valence-corrected chi connectivity index (χ4v) is 2.16. The highest BCUT2D eigenvalue weighted by Gasteiger charge is 2.35. The third-order valence-electron chi connectivity index (χ3n) is 3.14. The van der Waals surface area contributed by atoms with Crippen LogP contribution in [0.4, 0.5) is 4.39 Å². The molecule has 2 rings (SSSR count). The van der Waals surface area contributed by atoms with Crippen molar-refractivity contribution in [2.24, 2.45) is 0 Å². The van der Waals surface area contributed by atoms with Crippen molar-refractivity contribution in [3.05, 3.63) is 35.6 Å². The van der Waals surface area contributed by atoms with Crippen molar-refractivity contribution in [2.75, 3.05) is 7.05 Å². The Balaban J connectivity index is 2.12. The van der Waals surface area contributed by atoms with Gasteiger partial charge in [0.2, 0.25) is 11.8 Å². The standard InChI is InChI=1S/C13H15FN2O2/c1-15-13(18)11-6-7-12(17)16(11)8-9-2-4-10(14)5-3-9/h2-5,11H,6-8H2,1H3,(H,15,18). The molecule has 1 fully saturated rings. The Labute approximate surface area is 105 Å². The number of likely N-dealkylation sites (N-methyl/N-ethyl adjacent to an activating group) is 1. The largest absolute Gasteiger partial charge is 0.357 e. The van der Waals surface area contributed by atoms with Gasteiger partial charge in [0, 0.05) is 20.0 Å². The van der Waals surface area contributed by atoms with Gasteiger partial charge in [0.25, 0.3) is 0 Å². The highest BCUT2D eigenvalue weighted by molar-refractivity contribution is 5.90. The molecule has 0 aliphatic carbocycles. The monoisotopic (exact) mass is 250 g/mol. The van der Waals surface area contributed by atoms with Gasteiger partial charge in [-0.05, 0) is 24.1 Å². The van der Waals surface area contributed by atoms with Crippen LogP contribution in [0.1, 0.15) is 18.4 Å². The number of hydrogen-bond donors (Lipinski definition) is 1. The first-order valence-corrected chi connectivity index (χ1v) is 5.87. The summed E-state index contributed by atoms with van der Waals surface area (Å²) in [4.78, 5) is 24.9. The lowest BCUT2D eigenvalue weighted by Crippen LogP contribution is -2.43. The first-order chi connectivity index (χ1) is 8.61. The molecule has 1 atom stereocenters. The summed E-state index contributed by atoms with van der Waals surface area (Å²) in [5, 5.41) is 2.56. The molecule has 0 radical (unpaired) electrons. The number of amides is 2. The first kappa shape index (κ1) is 12.5. The molecule has 4 nitrogen and oxygen atoms in total. The number of halogens is 1. The van der Waals surface area contributed by atoms with Crippen LogP contribution < -0.4 is 5.32 Å². The van der Waals surface area contributed by atoms with E-state index in [4.69, 9.17) is 0 Å². The zero-order chi connectivity index (χ0) is 13.1. The van der Waals surface area contributed by atoms with Gasteiger partial charge in [-0.2, -0.15) is 0 Å². The van der Waals surface area contributed by atoms with Crippen LogP contribution in [0, 0.1) is 5.82 Å². The van der Waals surface area contributed by atoms with Crippen LogP contribution in [-0.4, -0.2) is 29.8 Å². The molecule has 96 valence electrons. The molecule has 1 unspecified atom stereocenters. The Kier molecular flexibility index (Phi) is 3.60. The molecule has 0 bridgehead atoms. The lowest BCUT2D eigenvalue weighted by Gasteiger charge is -2.23. The number of carbonyl (C=O) groups excluding carboxylic acids is 2. The van der Waals surface area contributed by atoms with E-state index in [0.717, 1.165) is 5.56 Å². The Morgan fingerprint density at radius 2 is 2.11 bits per heavy atom. The van der Waals surface area contributed by atoms with Crippen LogP contribution in [0.3, 0.4) is 0 Å². The quantitative estimate of drug-likeness (QED) is 0.872. The molecule has 0 aromatic heterocycles. The maximum absolute atomic E-state index is 12.8. The van der Waals surface area contributed by atoms with Crippen LogP contribution in [0.5, 0.6) is 0 Å². The molecule has 1 N–H and O–H groups in total. The summed E-state index contributed by atoms with van der Waals surface area (Å²) in [5.41, 5.74) is 0.820. The van der Waals surface area contributed by atoms with Crippen molar-refractivity contribution < 1.29 is 14.0 Å². The molecule has 1 aliphatic heterocycles. The molecule has 1 aliphatic rings. The Hall–Kier alpha value is -1.91. The third-order valence-corrected chi connectivity index (χ3v) is 3.14. The van der Waals surface area contributed by atoms with Crippen molar-refractivity contribution in [1.29, 1.82) is 0 Å². The number of likely N-dealkylation sites (tertiary alicyclic amines) is 1. The van der Waals surface area contributed by atoms with E-state index in [-0.39, 0.29) is 17.6 Å². The van der Waals surface area contributed by atoms with Gasteiger partial charge in [0.05, 0.1) is 0 Å². The summed E-state index contributed by atoms with van der Waals surface area (Å²) < 4.78 is 12.8. The lowest BCUT2D eigenvalue weighted by molar-refractivity contribution is -0.135. The minimum Gasteiger partial charge on any atom is -0.357 e. The fourth-order valence-electron chi connectivity index (χ4n) is 2.16. The average molecular weight is 250 g/mol. The smallest absolute Gasteiger partial charge is 0.242 e. The van der Waals surface area contributed by atoms with E-state index in [9.17, 15) is 14.0 Å². The van der Waals surface area contributed by atoms with Gasteiger partial charge in [-0.25, -0.2) is 4.39 Å². The van der Waals surface area contributed by atoms with Crippen LogP contribution in [0.15, 0.2) is 24.3 Å². The van der Waals surface area contributed by atoms with E-state index in [1.54, 1.807) is 24.1 Å².